The standard InChI is InChI=1S/C16H27N3O2/c1-4-15(21-13-8-6-5-7-9-13)16(20)17-10-14-11(2)18-19-12(14)3/h13,15H,4-10H2,1-3H3,(H,17,20)(H,18,19). The van der Waals surface area contributed by atoms with Crippen molar-refractivity contribution in [3.8, 4) is 0 Å². The van der Waals surface area contributed by atoms with Crippen LogP contribution in [-0.4, -0.2) is 28.3 Å². The minimum absolute atomic E-state index is 0.0110. The summed E-state index contributed by atoms with van der Waals surface area (Å²) in [6, 6.07) is 0. The number of ether oxygens (including phenoxy) is 1. The fourth-order valence-electron chi connectivity index (χ4n) is 2.90. The molecule has 1 saturated carbocycles. The second kappa shape index (κ2) is 7.59. The molecule has 2 rings (SSSR count). The molecule has 2 N–H and O–H groups in total. The quantitative estimate of drug-likeness (QED) is 0.847. The predicted octanol–water partition coefficient (Wildman–Crippen LogP) is 2.77. The van der Waals surface area contributed by atoms with Crippen molar-refractivity contribution in [1.82, 2.24) is 15.5 Å². The maximum Gasteiger partial charge on any atom is 0.249 e. The summed E-state index contributed by atoms with van der Waals surface area (Å²) < 4.78 is 6.00. The van der Waals surface area contributed by atoms with Crippen LogP contribution in [0, 0.1) is 13.8 Å². The van der Waals surface area contributed by atoms with Crippen molar-refractivity contribution < 1.29 is 9.53 Å². The molecule has 1 aliphatic rings. The van der Waals surface area contributed by atoms with E-state index < -0.39 is 0 Å². The number of carbonyl (C=O) groups excluding carboxylic acids is 1. The van der Waals surface area contributed by atoms with Gasteiger partial charge in [-0.25, -0.2) is 0 Å². The van der Waals surface area contributed by atoms with E-state index >= 15 is 0 Å². The van der Waals surface area contributed by atoms with Gasteiger partial charge in [0.25, 0.3) is 0 Å². The molecule has 5 heteroatoms. The average Bonchev–Trinajstić information content (AvgIpc) is 2.82. The number of rotatable bonds is 6. The number of hydrogen-bond donors (Lipinski definition) is 2. The van der Waals surface area contributed by atoms with E-state index in [0.29, 0.717) is 13.0 Å². The number of carbonyl (C=O) groups is 1. The van der Waals surface area contributed by atoms with Gasteiger partial charge in [0, 0.05) is 17.8 Å². The maximum atomic E-state index is 12.3. The third kappa shape index (κ3) is 4.30. The van der Waals surface area contributed by atoms with Gasteiger partial charge >= 0.3 is 0 Å². The van der Waals surface area contributed by atoms with Gasteiger partial charge in [0.05, 0.1) is 11.8 Å². The van der Waals surface area contributed by atoms with E-state index in [2.05, 4.69) is 15.5 Å². The van der Waals surface area contributed by atoms with E-state index in [1.54, 1.807) is 0 Å². The number of nitrogens with zero attached hydrogens (tertiary/aromatic N) is 1. The molecule has 0 saturated heterocycles. The molecule has 1 amide bonds. The first kappa shape index (κ1) is 16.0. The van der Waals surface area contributed by atoms with E-state index in [4.69, 9.17) is 4.74 Å². The first-order valence-corrected chi connectivity index (χ1v) is 8.05. The molecule has 0 bridgehead atoms. The zero-order chi connectivity index (χ0) is 15.2. The van der Waals surface area contributed by atoms with Gasteiger partial charge in [-0.15, -0.1) is 0 Å². The summed E-state index contributed by atoms with van der Waals surface area (Å²) in [6.45, 7) is 6.43. The third-order valence-corrected chi connectivity index (χ3v) is 4.29. The van der Waals surface area contributed by atoms with Crippen LogP contribution in [0.2, 0.25) is 0 Å². The first-order valence-electron chi connectivity index (χ1n) is 8.05. The van der Waals surface area contributed by atoms with Crippen LogP contribution >= 0.6 is 0 Å². The van der Waals surface area contributed by atoms with Gasteiger partial charge in [-0.2, -0.15) is 5.10 Å². The molecule has 0 aromatic carbocycles. The van der Waals surface area contributed by atoms with Gasteiger partial charge in [-0.05, 0) is 33.1 Å². The van der Waals surface area contributed by atoms with Crippen LogP contribution in [0.15, 0.2) is 0 Å². The highest BCUT2D eigenvalue weighted by Crippen LogP contribution is 2.22. The van der Waals surface area contributed by atoms with Gasteiger partial charge in [0.2, 0.25) is 5.91 Å². The van der Waals surface area contributed by atoms with E-state index in [9.17, 15) is 4.79 Å². The summed E-state index contributed by atoms with van der Waals surface area (Å²) in [5.74, 6) is -0.0110. The van der Waals surface area contributed by atoms with Crippen molar-refractivity contribution in [3.63, 3.8) is 0 Å². The van der Waals surface area contributed by atoms with Crippen LogP contribution in [0.3, 0.4) is 0 Å². The number of hydrogen-bond acceptors (Lipinski definition) is 3. The number of aromatic amines is 1. The molecule has 0 spiro atoms. The van der Waals surface area contributed by atoms with Crippen molar-refractivity contribution in [2.45, 2.75) is 78.0 Å². The Morgan fingerprint density at radius 2 is 2.10 bits per heavy atom. The minimum Gasteiger partial charge on any atom is -0.365 e. The Hall–Kier alpha value is -1.36. The lowest BCUT2D eigenvalue weighted by Gasteiger charge is -2.26. The molecule has 21 heavy (non-hydrogen) atoms. The normalized spacial score (nSPS) is 17.7. The molecule has 0 radical (unpaired) electrons. The lowest BCUT2D eigenvalue weighted by molar-refractivity contribution is -0.138. The predicted molar refractivity (Wildman–Crippen MR) is 81.9 cm³/mol. The van der Waals surface area contributed by atoms with Crippen LogP contribution < -0.4 is 5.32 Å². The number of aryl methyl sites for hydroxylation is 2. The second-order valence-electron chi connectivity index (χ2n) is 5.92. The van der Waals surface area contributed by atoms with Crippen molar-refractivity contribution >= 4 is 5.91 Å². The Balaban J connectivity index is 1.85. The molecule has 0 aliphatic heterocycles. The Morgan fingerprint density at radius 1 is 1.38 bits per heavy atom. The van der Waals surface area contributed by atoms with Crippen molar-refractivity contribution in [1.29, 1.82) is 0 Å². The minimum atomic E-state index is -0.333. The molecule has 1 fully saturated rings. The Bertz CT molecular complexity index is 445. The summed E-state index contributed by atoms with van der Waals surface area (Å²) in [7, 11) is 0. The molecule has 5 nitrogen and oxygen atoms in total. The highest BCUT2D eigenvalue weighted by molar-refractivity contribution is 5.80. The summed E-state index contributed by atoms with van der Waals surface area (Å²) >= 11 is 0. The van der Waals surface area contributed by atoms with Crippen LogP contribution in [0.4, 0.5) is 0 Å². The molecular weight excluding hydrogens is 266 g/mol. The van der Waals surface area contributed by atoms with Gasteiger partial charge in [-0.3, -0.25) is 9.89 Å². The van der Waals surface area contributed by atoms with E-state index in [1.807, 2.05) is 20.8 Å². The van der Waals surface area contributed by atoms with E-state index in [0.717, 1.165) is 29.8 Å². The van der Waals surface area contributed by atoms with Gasteiger partial charge in [-0.1, -0.05) is 26.2 Å². The fourth-order valence-corrected chi connectivity index (χ4v) is 2.90. The lowest BCUT2D eigenvalue weighted by Crippen LogP contribution is -2.38. The maximum absolute atomic E-state index is 12.3. The molecule has 1 atom stereocenters. The highest BCUT2D eigenvalue weighted by atomic mass is 16.5. The number of nitrogens with one attached hydrogen (secondary N) is 2. The van der Waals surface area contributed by atoms with Gasteiger partial charge in [0.1, 0.15) is 6.10 Å². The number of amides is 1. The van der Waals surface area contributed by atoms with Crippen molar-refractivity contribution in [2.75, 3.05) is 0 Å². The Morgan fingerprint density at radius 3 is 2.67 bits per heavy atom. The first-order chi connectivity index (χ1) is 10.1. The highest BCUT2D eigenvalue weighted by Gasteiger charge is 2.23. The van der Waals surface area contributed by atoms with E-state index in [1.165, 1.54) is 19.3 Å². The summed E-state index contributed by atoms with van der Waals surface area (Å²) in [5, 5.41) is 10.1. The largest absolute Gasteiger partial charge is 0.365 e. The van der Waals surface area contributed by atoms with Crippen LogP contribution in [0.1, 0.15) is 62.4 Å². The Labute approximate surface area is 126 Å². The topological polar surface area (TPSA) is 67.0 Å². The summed E-state index contributed by atoms with van der Waals surface area (Å²) in [5.41, 5.74) is 3.01. The van der Waals surface area contributed by atoms with Crippen molar-refractivity contribution in [3.05, 3.63) is 17.0 Å². The monoisotopic (exact) mass is 293 g/mol. The average molecular weight is 293 g/mol. The number of H-pyrrole nitrogens is 1. The molecule has 1 heterocycles. The molecule has 1 unspecified atom stereocenters. The van der Waals surface area contributed by atoms with E-state index in [-0.39, 0.29) is 18.1 Å². The molecule has 1 aromatic heterocycles. The zero-order valence-corrected chi connectivity index (χ0v) is 13.4. The molecular formula is C16H27N3O2. The second-order valence-corrected chi connectivity index (χ2v) is 5.92. The van der Waals surface area contributed by atoms with Crippen LogP contribution in [0.25, 0.3) is 0 Å². The smallest absolute Gasteiger partial charge is 0.249 e. The Kier molecular flexibility index (Phi) is 5.79. The van der Waals surface area contributed by atoms with Gasteiger partial charge < -0.3 is 10.1 Å². The fraction of sp³-hybridized carbons (Fsp3) is 0.750. The zero-order valence-electron chi connectivity index (χ0n) is 13.4. The number of aromatic nitrogens is 2. The third-order valence-electron chi connectivity index (χ3n) is 4.29. The molecule has 1 aliphatic carbocycles. The van der Waals surface area contributed by atoms with Crippen LogP contribution in [0.5, 0.6) is 0 Å². The summed E-state index contributed by atoms with van der Waals surface area (Å²) in [6.07, 6.45) is 6.54. The SMILES string of the molecule is CCC(OC1CCCCC1)C(=O)NCc1c(C)n[nH]c1C. The van der Waals surface area contributed by atoms with Gasteiger partial charge in [0.15, 0.2) is 0 Å². The van der Waals surface area contributed by atoms with Crippen LogP contribution in [-0.2, 0) is 16.1 Å². The molecule has 118 valence electrons. The molecule has 1 aromatic rings. The lowest BCUT2D eigenvalue weighted by atomic mass is 9.97. The van der Waals surface area contributed by atoms with Crippen molar-refractivity contribution in [2.24, 2.45) is 0 Å². The summed E-state index contributed by atoms with van der Waals surface area (Å²) in [4.78, 5) is 12.3.